The molecule has 0 bridgehead atoms. The second-order valence-corrected chi connectivity index (χ2v) is 9.04. The number of alkyl halides is 3. The number of ether oxygens (including phenoxy) is 1. The van der Waals surface area contributed by atoms with Crippen molar-refractivity contribution in [1.82, 2.24) is 9.80 Å². The van der Waals surface area contributed by atoms with E-state index in [4.69, 9.17) is 32.4 Å². The molecule has 0 saturated carbocycles. The summed E-state index contributed by atoms with van der Waals surface area (Å²) in [6.07, 6.45) is -3.22. The Hall–Kier alpha value is -3.01. The van der Waals surface area contributed by atoms with Gasteiger partial charge in [0.1, 0.15) is 18.6 Å². The lowest BCUT2D eigenvalue weighted by Gasteiger charge is -2.34. The molecule has 0 N–H and O–H groups in total. The highest BCUT2D eigenvalue weighted by Crippen LogP contribution is 2.29. The molecule has 0 radical (unpaired) electrons. The van der Waals surface area contributed by atoms with Crippen molar-refractivity contribution < 1.29 is 27.1 Å². The molecule has 4 rings (SSSR count). The summed E-state index contributed by atoms with van der Waals surface area (Å²) in [4.78, 5) is 29.0. The van der Waals surface area contributed by atoms with Gasteiger partial charge in [-0.15, -0.1) is 0 Å². The van der Waals surface area contributed by atoms with Crippen LogP contribution in [0.25, 0.3) is 0 Å². The van der Waals surface area contributed by atoms with Crippen molar-refractivity contribution >= 4 is 29.1 Å². The topological polar surface area (TPSA) is 63.0 Å². The van der Waals surface area contributed by atoms with E-state index in [2.05, 4.69) is 0 Å². The highest BCUT2D eigenvalue weighted by molar-refractivity contribution is 6.39. The number of halogens is 5. The van der Waals surface area contributed by atoms with Crippen LogP contribution in [0.3, 0.4) is 0 Å². The third-order valence-corrected chi connectivity index (χ3v) is 6.37. The van der Waals surface area contributed by atoms with Crippen LogP contribution in [0.15, 0.2) is 64.0 Å². The van der Waals surface area contributed by atoms with Crippen LogP contribution in [0.4, 0.5) is 13.2 Å². The van der Waals surface area contributed by atoms with Crippen LogP contribution >= 0.6 is 23.2 Å². The molecule has 6 nitrogen and oxygen atoms in total. The van der Waals surface area contributed by atoms with Crippen LogP contribution in [0, 0.1) is 0 Å². The Morgan fingerprint density at radius 1 is 1.00 bits per heavy atom. The molecule has 0 atom stereocenters. The summed E-state index contributed by atoms with van der Waals surface area (Å²) in [5.41, 5.74) is -0.387. The maximum absolute atomic E-state index is 12.8. The van der Waals surface area contributed by atoms with Crippen molar-refractivity contribution in [2.45, 2.75) is 19.3 Å². The van der Waals surface area contributed by atoms with Crippen molar-refractivity contribution in [2.24, 2.45) is 0 Å². The second kappa shape index (κ2) is 10.9. The number of hydrogen-bond acceptors (Lipinski definition) is 5. The first-order valence-corrected chi connectivity index (χ1v) is 11.7. The first-order valence-electron chi connectivity index (χ1n) is 11.0. The van der Waals surface area contributed by atoms with Gasteiger partial charge in [-0.3, -0.25) is 14.5 Å². The highest BCUT2D eigenvalue weighted by Gasteiger charge is 2.30. The van der Waals surface area contributed by atoms with E-state index < -0.39 is 17.2 Å². The molecule has 1 aliphatic rings. The maximum Gasteiger partial charge on any atom is 0.416 e. The smallest absolute Gasteiger partial charge is 0.416 e. The number of hydrogen-bond donors (Lipinski definition) is 0. The van der Waals surface area contributed by atoms with Gasteiger partial charge < -0.3 is 14.1 Å². The number of piperazine rings is 1. The molecule has 190 valence electrons. The molecule has 1 saturated heterocycles. The number of benzene rings is 2. The van der Waals surface area contributed by atoms with E-state index in [9.17, 15) is 22.8 Å². The van der Waals surface area contributed by atoms with E-state index >= 15 is 0 Å². The van der Waals surface area contributed by atoms with Gasteiger partial charge in [0, 0.05) is 32.2 Å². The number of nitrogens with zero attached hydrogens (tertiary/aromatic N) is 2. The van der Waals surface area contributed by atoms with Crippen molar-refractivity contribution in [1.29, 1.82) is 0 Å². The van der Waals surface area contributed by atoms with Crippen LogP contribution < -0.4 is 10.2 Å². The summed E-state index contributed by atoms with van der Waals surface area (Å²) in [6.45, 7) is 2.32. The van der Waals surface area contributed by atoms with Crippen molar-refractivity contribution in [2.75, 3.05) is 26.2 Å². The molecular weight excluding hydrogens is 520 g/mol. The fourth-order valence-corrected chi connectivity index (χ4v) is 4.33. The zero-order chi connectivity index (χ0) is 25.9. The Bertz CT molecular complexity index is 1270. The summed E-state index contributed by atoms with van der Waals surface area (Å²) in [7, 11) is 0. The fourth-order valence-electron chi connectivity index (χ4n) is 3.77. The van der Waals surface area contributed by atoms with Crippen LogP contribution in [-0.4, -0.2) is 41.9 Å². The maximum atomic E-state index is 12.8. The van der Waals surface area contributed by atoms with Gasteiger partial charge in [0.15, 0.2) is 0 Å². The Balaban J connectivity index is 1.30. The van der Waals surface area contributed by atoms with Gasteiger partial charge in [-0.25, -0.2) is 0 Å². The molecule has 0 unspecified atom stereocenters. The van der Waals surface area contributed by atoms with Gasteiger partial charge in [0.2, 0.25) is 11.2 Å². The van der Waals surface area contributed by atoms with Crippen molar-refractivity contribution in [3.63, 3.8) is 0 Å². The number of carbonyl (C=O) groups is 1. The molecule has 2 aromatic carbocycles. The van der Waals surface area contributed by atoms with Gasteiger partial charge in [0.05, 0.1) is 27.7 Å². The van der Waals surface area contributed by atoms with Gasteiger partial charge in [-0.1, -0.05) is 41.4 Å². The van der Waals surface area contributed by atoms with Crippen molar-refractivity contribution in [3.05, 3.63) is 97.5 Å². The Labute approximate surface area is 214 Å². The fraction of sp³-hybridized carbons (Fsp3) is 0.280. The third kappa shape index (κ3) is 6.21. The molecule has 2 heterocycles. The van der Waals surface area contributed by atoms with Gasteiger partial charge in [0.25, 0.3) is 5.91 Å². The van der Waals surface area contributed by atoms with Crippen LogP contribution in [0.1, 0.15) is 27.2 Å². The standard InChI is InChI=1S/C25H21Cl2F3N2O4/c26-19-2-1-3-20(27)23(19)24(34)32-10-8-31(9-11-32)13-18-12-21(33)22(15-35-18)36-14-16-4-6-17(7-5-16)25(28,29)30/h1-7,12,15H,8-11,13-14H2. The monoisotopic (exact) mass is 540 g/mol. The lowest BCUT2D eigenvalue weighted by Crippen LogP contribution is -2.48. The zero-order valence-electron chi connectivity index (χ0n) is 18.9. The molecule has 1 aromatic heterocycles. The van der Waals surface area contributed by atoms with Crippen LogP contribution in [0.5, 0.6) is 5.75 Å². The third-order valence-electron chi connectivity index (χ3n) is 5.74. The molecule has 0 aliphatic carbocycles. The van der Waals surface area contributed by atoms with E-state index in [-0.39, 0.29) is 23.8 Å². The van der Waals surface area contributed by atoms with E-state index in [0.29, 0.717) is 54.1 Å². The van der Waals surface area contributed by atoms with E-state index in [1.54, 1.807) is 23.1 Å². The summed E-state index contributed by atoms with van der Waals surface area (Å²) >= 11 is 12.3. The lowest BCUT2D eigenvalue weighted by molar-refractivity contribution is -0.137. The highest BCUT2D eigenvalue weighted by atomic mass is 35.5. The molecule has 3 aromatic rings. The van der Waals surface area contributed by atoms with E-state index in [1.807, 2.05) is 4.90 Å². The van der Waals surface area contributed by atoms with E-state index in [1.165, 1.54) is 24.5 Å². The molecule has 1 aliphatic heterocycles. The lowest BCUT2D eigenvalue weighted by atomic mass is 10.1. The molecule has 1 fully saturated rings. The molecule has 11 heteroatoms. The number of amides is 1. The minimum atomic E-state index is -4.41. The average Bonchev–Trinajstić information content (AvgIpc) is 2.83. The Morgan fingerprint density at radius 3 is 2.22 bits per heavy atom. The minimum Gasteiger partial charge on any atom is -0.482 e. The summed E-state index contributed by atoms with van der Waals surface area (Å²) in [5.74, 6) is 0.160. The van der Waals surface area contributed by atoms with Gasteiger partial charge in [-0.2, -0.15) is 13.2 Å². The number of rotatable bonds is 6. The summed E-state index contributed by atoms with van der Waals surface area (Å²) < 4.78 is 49.0. The second-order valence-electron chi connectivity index (χ2n) is 8.22. The molecule has 0 spiro atoms. The summed E-state index contributed by atoms with van der Waals surface area (Å²) in [5, 5.41) is 0.606. The van der Waals surface area contributed by atoms with Gasteiger partial charge >= 0.3 is 6.18 Å². The quantitative estimate of drug-likeness (QED) is 0.413. The normalized spacial score (nSPS) is 14.6. The van der Waals surface area contributed by atoms with E-state index in [0.717, 1.165) is 12.1 Å². The minimum absolute atomic E-state index is 0.0364. The SMILES string of the molecule is O=C(c1c(Cl)cccc1Cl)N1CCN(Cc2cc(=O)c(OCc3ccc(C(F)(F)F)cc3)co2)CC1. The summed E-state index contributed by atoms with van der Waals surface area (Å²) in [6, 6.07) is 10.8. The predicted octanol–water partition coefficient (Wildman–Crippen LogP) is 5.50. The first kappa shape index (κ1) is 26.1. The number of carbonyl (C=O) groups excluding carboxylic acids is 1. The largest absolute Gasteiger partial charge is 0.482 e. The van der Waals surface area contributed by atoms with Crippen molar-refractivity contribution in [3.8, 4) is 5.75 Å². The molecule has 1 amide bonds. The Morgan fingerprint density at radius 2 is 1.64 bits per heavy atom. The average molecular weight is 541 g/mol. The Kier molecular flexibility index (Phi) is 7.92. The van der Waals surface area contributed by atoms with Gasteiger partial charge in [-0.05, 0) is 29.8 Å². The zero-order valence-corrected chi connectivity index (χ0v) is 20.4. The first-order chi connectivity index (χ1) is 17.1. The molecule has 36 heavy (non-hydrogen) atoms. The molecular formula is C25H21Cl2F3N2O4. The van der Waals surface area contributed by atoms with Crippen LogP contribution in [-0.2, 0) is 19.3 Å². The predicted molar refractivity (Wildman–Crippen MR) is 128 cm³/mol. The van der Waals surface area contributed by atoms with Crippen LogP contribution in [0.2, 0.25) is 10.0 Å².